The van der Waals surface area contributed by atoms with Crippen LogP contribution in [0.1, 0.15) is 36.0 Å². The summed E-state index contributed by atoms with van der Waals surface area (Å²) in [7, 11) is 1.96. The highest BCUT2D eigenvalue weighted by Gasteiger charge is 2.19. The van der Waals surface area contributed by atoms with E-state index in [2.05, 4.69) is 4.90 Å². The van der Waals surface area contributed by atoms with Gasteiger partial charge in [0.15, 0.2) is 5.78 Å². The number of ether oxygens (including phenoxy) is 1. The molecular weight excluding hydrogens is 258 g/mol. The summed E-state index contributed by atoms with van der Waals surface area (Å²) in [5.41, 5.74) is 1.63. The van der Waals surface area contributed by atoms with Crippen molar-refractivity contribution in [3.05, 3.63) is 23.8 Å². The Morgan fingerprint density at radius 3 is 3.00 bits per heavy atom. The highest BCUT2D eigenvalue weighted by molar-refractivity contribution is 6.02. The lowest BCUT2D eigenvalue weighted by Crippen LogP contribution is -2.17. The molecule has 0 radical (unpaired) electrons. The molecule has 108 valence electrons. The summed E-state index contributed by atoms with van der Waals surface area (Å²) in [6.07, 6.45) is 2.01. The van der Waals surface area contributed by atoms with E-state index in [4.69, 9.17) is 9.84 Å². The smallest absolute Gasteiger partial charge is 0.303 e. The molecule has 1 aromatic rings. The van der Waals surface area contributed by atoms with Crippen molar-refractivity contribution in [3.63, 3.8) is 0 Å². The molecule has 0 unspecified atom stereocenters. The lowest BCUT2D eigenvalue weighted by atomic mass is 10.1. The van der Waals surface area contributed by atoms with Crippen molar-refractivity contribution < 1.29 is 19.4 Å². The van der Waals surface area contributed by atoms with Crippen molar-refractivity contribution in [1.82, 2.24) is 0 Å². The lowest BCUT2D eigenvalue weighted by Gasteiger charge is -2.19. The fourth-order valence-electron chi connectivity index (χ4n) is 2.30. The zero-order chi connectivity index (χ0) is 14.5. The molecule has 0 atom stereocenters. The van der Waals surface area contributed by atoms with Crippen LogP contribution in [0.5, 0.6) is 5.75 Å². The van der Waals surface area contributed by atoms with E-state index in [0.29, 0.717) is 25.2 Å². The highest BCUT2D eigenvalue weighted by Crippen LogP contribution is 2.29. The number of nitrogens with zero attached hydrogens (tertiary/aromatic N) is 1. The minimum absolute atomic E-state index is 0.101. The van der Waals surface area contributed by atoms with Gasteiger partial charge in [-0.3, -0.25) is 9.59 Å². The molecule has 0 saturated heterocycles. The average Bonchev–Trinajstić information content (AvgIpc) is 2.55. The Balaban J connectivity index is 2.06. The first-order chi connectivity index (χ1) is 9.58. The molecule has 1 N–H and O–H groups in total. The van der Waals surface area contributed by atoms with Gasteiger partial charge in [0.25, 0.3) is 0 Å². The van der Waals surface area contributed by atoms with Crippen LogP contribution in [-0.4, -0.2) is 37.1 Å². The number of ketones is 1. The summed E-state index contributed by atoms with van der Waals surface area (Å²) in [5, 5.41) is 8.56. The van der Waals surface area contributed by atoms with E-state index in [9.17, 15) is 9.59 Å². The minimum Gasteiger partial charge on any atom is -0.494 e. The standard InChI is InChI=1S/C15H19NO4/c1-16-8-2-4-14(17)12-7-6-11(10-13(12)16)20-9-3-5-15(18)19/h6-7,10H,2-5,8-9H2,1H3,(H,18,19). The quantitative estimate of drug-likeness (QED) is 0.837. The van der Waals surface area contributed by atoms with E-state index in [1.807, 2.05) is 13.1 Å². The van der Waals surface area contributed by atoms with Crippen LogP contribution in [0.4, 0.5) is 5.69 Å². The topological polar surface area (TPSA) is 66.8 Å². The zero-order valence-corrected chi connectivity index (χ0v) is 11.6. The molecule has 5 nitrogen and oxygen atoms in total. The fourth-order valence-corrected chi connectivity index (χ4v) is 2.30. The van der Waals surface area contributed by atoms with Gasteiger partial charge in [-0.15, -0.1) is 0 Å². The molecule has 1 aliphatic heterocycles. The normalized spacial score (nSPS) is 14.7. The van der Waals surface area contributed by atoms with Gasteiger partial charge in [-0.05, 0) is 25.0 Å². The fraction of sp³-hybridized carbons (Fsp3) is 0.467. The number of aliphatic carboxylic acids is 1. The van der Waals surface area contributed by atoms with E-state index in [1.54, 1.807) is 12.1 Å². The van der Waals surface area contributed by atoms with Crippen LogP contribution in [0.2, 0.25) is 0 Å². The Bertz CT molecular complexity index is 513. The van der Waals surface area contributed by atoms with Gasteiger partial charge in [0.05, 0.1) is 12.3 Å². The zero-order valence-electron chi connectivity index (χ0n) is 11.6. The number of hydrogen-bond donors (Lipinski definition) is 1. The Hall–Kier alpha value is -2.04. The van der Waals surface area contributed by atoms with Crippen LogP contribution in [0, 0.1) is 0 Å². The van der Waals surface area contributed by atoms with Gasteiger partial charge >= 0.3 is 5.97 Å². The second-order valence-corrected chi connectivity index (χ2v) is 4.97. The van der Waals surface area contributed by atoms with E-state index in [0.717, 1.165) is 24.2 Å². The van der Waals surface area contributed by atoms with Crippen molar-refractivity contribution in [2.45, 2.75) is 25.7 Å². The van der Waals surface area contributed by atoms with Gasteiger partial charge in [0.1, 0.15) is 5.75 Å². The van der Waals surface area contributed by atoms with E-state index in [1.165, 1.54) is 0 Å². The second-order valence-electron chi connectivity index (χ2n) is 4.97. The molecule has 0 amide bonds. The Morgan fingerprint density at radius 2 is 2.25 bits per heavy atom. The number of hydrogen-bond acceptors (Lipinski definition) is 4. The summed E-state index contributed by atoms with van der Waals surface area (Å²) < 4.78 is 5.55. The van der Waals surface area contributed by atoms with Crippen LogP contribution in [-0.2, 0) is 4.79 Å². The largest absolute Gasteiger partial charge is 0.494 e. The first kappa shape index (κ1) is 14.4. The number of carboxylic acids is 1. The van der Waals surface area contributed by atoms with Crippen LogP contribution in [0.15, 0.2) is 18.2 Å². The molecule has 0 fully saturated rings. The van der Waals surface area contributed by atoms with Gasteiger partial charge in [0.2, 0.25) is 0 Å². The maximum atomic E-state index is 12.0. The average molecular weight is 277 g/mol. The van der Waals surface area contributed by atoms with Gasteiger partial charge in [-0.25, -0.2) is 0 Å². The van der Waals surface area contributed by atoms with Crippen molar-refractivity contribution >= 4 is 17.4 Å². The van der Waals surface area contributed by atoms with Crippen LogP contribution < -0.4 is 9.64 Å². The minimum atomic E-state index is -0.819. The monoisotopic (exact) mass is 277 g/mol. The number of carboxylic acid groups (broad SMARTS) is 1. The first-order valence-corrected chi connectivity index (χ1v) is 6.81. The maximum absolute atomic E-state index is 12.0. The molecular formula is C15H19NO4. The van der Waals surface area contributed by atoms with Gasteiger partial charge in [-0.1, -0.05) is 0 Å². The molecule has 0 aliphatic carbocycles. The SMILES string of the molecule is CN1CCCC(=O)c2ccc(OCCCC(=O)O)cc21. The number of fused-ring (bicyclic) bond motifs is 1. The number of carbonyl (C=O) groups is 2. The molecule has 1 heterocycles. The molecule has 2 rings (SSSR count). The van der Waals surface area contributed by atoms with Gasteiger partial charge in [-0.2, -0.15) is 0 Å². The Morgan fingerprint density at radius 1 is 1.45 bits per heavy atom. The van der Waals surface area contributed by atoms with Crippen molar-refractivity contribution in [1.29, 1.82) is 0 Å². The number of rotatable bonds is 5. The van der Waals surface area contributed by atoms with Crippen LogP contribution in [0.3, 0.4) is 0 Å². The summed E-state index contributed by atoms with van der Waals surface area (Å²) in [6.45, 7) is 1.21. The van der Waals surface area contributed by atoms with Crippen molar-refractivity contribution in [2.75, 3.05) is 25.1 Å². The summed E-state index contributed by atoms with van der Waals surface area (Å²) in [6, 6.07) is 5.43. The third-order valence-electron chi connectivity index (χ3n) is 3.38. The molecule has 0 spiro atoms. The second kappa shape index (κ2) is 6.41. The highest BCUT2D eigenvalue weighted by atomic mass is 16.5. The third-order valence-corrected chi connectivity index (χ3v) is 3.38. The predicted molar refractivity (Wildman–Crippen MR) is 75.6 cm³/mol. The third kappa shape index (κ3) is 3.50. The van der Waals surface area contributed by atoms with Gasteiger partial charge in [0, 0.05) is 38.1 Å². The maximum Gasteiger partial charge on any atom is 0.303 e. The Labute approximate surface area is 118 Å². The van der Waals surface area contributed by atoms with Gasteiger partial charge < -0.3 is 14.7 Å². The number of anilines is 1. The molecule has 0 saturated carbocycles. The van der Waals surface area contributed by atoms with Crippen molar-refractivity contribution in [2.24, 2.45) is 0 Å². The molecule has 20 heavy (non-hydrogen) atoms. The van der Waals surface area contributed by atoms with Crippen molar-refractivity contribution in [3.8, 4) is 5.75 Å². The van der Waals surface area contributed by atoms with E-state index < -0.39 is 5.97 Å². The first-order valence-electron chi connectivity index (χ1n) is 6.81. The number of benzene rings is 1. The predicted octanol–water partition coefficient (Wildman–Crippen LogP) is 2.34. The summed E-state index contributed by atoms with van der Waals surface area (Å²) >= 11 is 0. The Kier molecular flexibility index (Phi) is 4.61. The summed E-state index contributed by atoms with van der Waals surface area (Å²) in [4.78, 5) is 24.4. The van der Waals surface area contributed by atoms with Crippen LogP contribution >= 0.6 is 0 Å². The molecule has 0 bridgehead atoms. The molecule has 5 heteroatoms. The lowest BCUT2D eigenvalue weighted by molar-refractivity contribution is -0.137. The number of Topliss-reactive ketones (excluding diaryl/α,β-unsaturated/α-hetero) is 1. The van der Waals surface area contributed by atoms with E-state index >= 15 is 0 Å². The van der Waals surface area contributed by atoms with Crippen LogP contribution in [0.25, 0.3) is 0 Å². The molecule has 0 aromatic heterocycles. The summed E-state index contributed by atoms with van der Waals surface area (Å²) in [5.74, 6) is 0.0262. The molecule has 1 aromatic carbocycles. The molecule has 1 aliphatic rings. The number of carbonyl (C=O) groups excluding carboxylic acids is 1. The van der Waals surface area contributed by atoms with E-state index in [-0.39, 0.29) is 12.2 Å².